The van der Waals surface area contributed by atoms with Crippen LogP contribution in [0.1, 0.15) is 25.0 Å². The third-order valence-electron chi connectivity index (χ3n) is 11.9. The second-order valence-electron chi connectivity index (χ2n) is 15.7. The van der Waals surface area contributed by atoms with E-state index in [1.807, 2.05) is 0 Å². The van der Waals surface area contributed by atoms with E-state index < -0.39 is 0 Å². The van der Waals surface area contributed by atoms with Gasteiger partial charge in [0, 0.05) is 22.4 Å². The maximum Gasteiger partial charge on any atom is 0.0546 e. The predicted molar refractivity (Wildman–Crippen MR) is 246 cm³/mol. The van der Waals surface area contributed by atoms with Gasteiger partial charge in [-0.25, -0.2) is 0 Å². The normalized spacial score (nSPS) is 12.4. The summed E-state index contributed by atoms with van der Waals surface area (Å²) in [6, 6.07) is 81.9. The van der Waals surface area contributed by atoms with Crippen molar-refractivity contribution in [2.24, 2.45) is 0 Å². The monoisotopic (exact) mass is 741 g/mol. The molecule has 276 valence electrons. The van der Waals surface area contributed by atoms with Crippen molar-refractivity contribution in [2.75, 3.05) is 4.90 Å². The van der Waals surface area contributed by atoms with E-state index in [1.165, 1.54) is 77.9 Å². The fraction of sp³-hybridized carbons (Fsp3) is 0.0526. The first-order valence-corrected chi connectivity index (χ1v) is 20.2. The molecule has 58 heavy (non-hydrogen) atoms. The van der Waals surface area contributed by atoms with Crippen LogP contribution >= 0.6 is 0 Å². The number of fused-ring (bicyclic) bond motifs is 3. The Morgan fingerprint density at radius 1 is 0.293 bits per heavy atom. The number of benzene rings is 9. The highest BCUT2D eigenvalue weighted by Crippen LogP contribution is 2.52. The maximum absolute atomic E-state index is 2.46. The van der Waals surface area contributed by atoms with Crippen molar-refractivity contribution in [3.8, 4) is 66.8 Å². The molecule has 0 amide bonds. The topological polar surface area (TPSA) is 3.24 Å². The molecule has 0 heterocycles. The molecular formula is C57H43N. The van der Waals surface area contributed by atoms with Gasteiger partial charge in [0.05, 0.1) is 5.69 Å². The van der Waals surface area contributed by atoms with Crippen LogP contribution in [0.5, 0.6) is 0 Å². The minimum Gasteiger partial charge on any atom is -0.310 e. The fourth-order valence-corrected chi connectivity index (χ4v) is 8.96. The van der Waals surface area contributed by atoms with E-state index in [4.69, 9.17) is 0 Å². The zero-order valence-electron chi connectivity index (χ0n) is 32.8. The van der Waals surface area contributed by atoms with Gasteiger partial charge in [0.2, 0.25) is 0 Å². The Bertz CT molecular complexity index is 2820. The summed E-state index contributed by atoms with van der Waals surface area (Å²) < 4.78 is 0. The zero-order chi connectivity index (χ0) is 39.1. The van der Waals surface area contributed by atoms with Gasteiger partial charge in [-0.2, -0.15) is 0 Å². The smallest absolute Gasteiger partial charge is 0.0546 e. The Morgan fingerprint density at radius 2 is 0.759 bits per heavy atom. The third-order valence-corrected chi connectivity index (χ3v) is 11.9. The molecular weight excluding hydrogens is 699 g/mol. The van der Waals surface area contributed by atoms with E-state index in [-0.39, 0.29) is 5.41 Å². The van der Waals surface area contributed by atoms with E-state index in [2.05, 4.69) is 243 Å². The Morgan fingerprint density at radius 3 is 1.36 bits per heavy atom. The largest absolute Gasteiger partial charge is 0.310 e. The lowest BCUT2D eigenvalue weighted by atomic mass is 9.82. The third kappa shape index (κ3) is 6.32. The average molecular weight is 742 g/mol. The van der Waals surface area contributed by atoms with Gasteiger partial charge in [-0.15, -0.1) is 0 Å². The summed E-state index contributed by atoms with van der Waals surface area (Å²) >= 11 is 0. The van der Waals surface area contributed by atoms with Crippen molar-refractivity contribution in [1.82, 2.24) is 0 Å². The first-order valence-electron chi connectivity index (χ1n) is 20.2. The molecule has 1 aliphatic carbocycles. The van der Waals surface area contributed by atoms with Crippen molar-refractivity contribution in [1.29, 1.82) is 0 Å². The van der Waals surface area contributed by atoms with Crippen molar-refractivity contribution in [2.45, 2.75) is 19.3 Å². The summed E-state index contributed by atoms with van der Waals surface area (Å²) in [5, 5.41) is 0. The Hall–Kier alpha value is -7.22. The summed E-state index contributed by atoms with van der Waals surface area (Å²) in [7, 11) is 0. The van der Waals surface area contributed by atoms with Crippen molar-refractivity contribution in [3.05, 3.63) is 236 Å². The lowest BCUT2D eigenvalue weighted by Crippen LogP contribution is -2.14. The lowest BCUT2D eigenvalue weighted by molar-refractivity contribution is 0.660. The minimum absolute atomic E-state index is 0.0580. The van der Waals surface area contributed by atoms with Crippen LogP contribution in [0.25, 0.3) is 66.8 Å². The van der Waals surface area contributed by atoms with Crippen LogP contribution < -0.4 is 4.90 Å². The molecule has 10 rings (SSSR count). The maximum atomic E-state index is 2.46. The van der Waals surface area contributed by atoms with E-state index in [1.54, 1.807) is 0 Å². The Kier molecular flexibility index (Phi) is 8.92. The standard InChI is InChI=1S/C57H43N/c1-57(2)53-28-16-15-26-51(53)52-39-45(32-35-54(52)57)50-27-17-29-55(56(50)44-24-13-6-14-25-44)58(48-33-30-43(31-34-48)40-18-7-3-8-19-40)49-37-46(41-20-9-4-10-21-41)36-47(38-49)42-22-11-5-12-23-42/h3-39H,1-2H3. The number of nitrogens with zero attached hydrogens (tertiary/aromatic N) is 1. The van der Waals surface area contributed by atoms with Crippen molar-refractivity contribution in [3.63, 3.8) is 0 Å². The molecule has 1 aliphatic rings. The molecule has 0 N–H and O–H groups in total. The van der Waals surface area contributed by atoms with E-state index >= 15 is 0 Å². The summed E-state index contributed by atoms with van der Waals surface area (Å²) in [5.41, 5.74) is 20.5. The summed E-state index contributed by atoms with van der Waals surface area (Å²) in [5.74, 6) is 0. The quantitative estimate of drug-likeness (QED) is 0.150. The van der Waals surface area contributed by atoms with Gasteiger partial charge in [-0.3, -0.25) is 0 Å². The molecule has 9 aromatic rings. The molecule has 0 bridgehead atoms. The first kappa shape index (κ1) is 35.2. The van der Waals surface area contributed by atoms with Crippen LogP contribution in [0.4, 0.5) is 17.1 Å². The molecule has 1 nitrogen and oxygen atoms in total. The first-order chi connectivity index (χ1) is 28.5. The van der Waals surface area contributed by atoms with Crippen LogP contribution in [0, 0.1) is 0 Å². The van der Waals surface area contributed by atoms with Gasteiger partial charge in [0.15, 0.2) is 0 Å². The van der Waals surface area contributed by atoms with Gasteiger partial charge in [0.1, 0.15) is 0 Å². The second-order valence-corrected chi connectivity index (χ2v) is 15.7. The summed E-state index contributed by atoms with van der Waals surface area (Å²) in [6.45, 7) is 4.70. The highest BCUT2D eigenvalue weighted by atomic mass is 15.1. The molecule has 0 fully saturated rings. The van der Waals surface area contributed by atoms with Crippen LogP contribution in [0.3, 0.4) is 0 Å². The molecule has 0 aromatic heterocycles. The van der Waals surface area contributed by atoms with E-state index in [9.17, 15) is 0 Å². The molecule has 0 spiro atoms. The number of anilines is 3. The summed E-state index contributed by atoms with van der Waals surface area (Å²) in [6.07, 6.45) is 0. The molecule has 0 atom stereocenters. The van der Waals surface area contributed by atoms with Gasteiger partial charge >= 0.3 is 0 Å². The van der Waals surface area contributed by atoms with Crippen LogP contribution in [0.2, 0.25) is 0 Å². The molecule has 0 saturated carbocycles. The van der Waals surface area contributed by atoms with Crippen LogP contribution in [-0.4, -0.2) is 0 Å². The van der Waals surface area contributed by atoms with Crippen molar-refractivity contribution < 1.29 is 0 Å². The molecule has 1 heteroatoms. The predicted octanol–water partition coefficient (Wildman–Crippen LogP) is 15.8. The Labute approximate surface area is 342 Å². The number of hydrogen-bond donors (Lipinski definition) is 0. The zero-order valence-corrected chi connectivity index (χ0v) is 32.8. The Balaban J connectivity index is 1.23. The molecule has 0 unspecified atom stereocenters. The molecule has 0 saturated heterocycles. The van der Waals surface area contributed by atoms with Crippen molar-refractivity contribution >= 4 is 17.1 Å². The van der Waals surface area contributed by atoms with Crippen LogP contribution in [-0.2, 0) is 5.41 Å². The fourth-order valence-electron chi connectivity index (χ4n) is 8.96. The van der Waals surface area contributed by atoms with Gasteiger partial charge in [-0.1, -0.05) is 196 Å². The highest BCUT2D eigenvalue weighted by molar-refractivity contribution is 5.99. The number of hydrogen-bond acceptors (Lipinski definition) is 1. The minimum atomic E-state index is -0.0580. The van der Waals surface area contributed by atoms with E-state index in [0.29, 0.717) is 0 Å². The second kappa shape index (κ2) is 14.7. The van der Waals surface area contributed by atoms with Gasteiger partial charge in [0.25, 0.3) is 0 Å². The van der Waals surface area contributed by atoms with Gasteiger partial charge < -0.3 is 4.90 Å². The molecule has 0 radical (unpaired) electrons. The number of rotatable bonds is 8. The summed E-state index contributed by atoms with van der Waals surface area (Å²) in [4.78, 5) is 2.46. The van der Waals surface area contributed by atoms with Gasteiger partial charge in [-0.05, 0) is 115 Å². The SMILES string of the molecule is CC1(C)c2ccccc2-c2cc(-c3cccc(N(c4ccc(-c5ccccc5)cc4)c4cc(-c5ccccc5)cc(-c5ccccc5)c4)c3-c3ccccc3)ccc21. The molecule has 9 aromatic carbocycles. The average Bonchev–Trinajstić information content (AvgIpc) is 3.53. The molecule has 0 aliphatic heterocycles. The van der Waals surface area contributed by atoms with E-state index in [0.717, 1.165) is 17.1 Å². The highest BCUT2D eigenvalue weighted by Gasteiger charge is 2.35. The van der Waals surface area contributed by atoms with Crippen LogP contribution in [0.15, 0.2) is 224 Å². The lowest BCUT2D eigenvalue weighted by Gasteiger charge is -2.30.